The normalized spacial score (nSPS) is 11.1. The Balaban J connectivity index is 2.43. The Morgan fingerprint density at radius 3 is 2.20 bits per heavy atom. The Morgan fingerprint density at radius 1 is 0.960 bits per heavy atom. The summed E-state index contributed by atoms with van der Waals surface area (Å²) in [4.78, 5) is 13.2. The van der Waals surface area contributed by atoms with Crippen molar-refractivity contribution in [3.05, 3.63) is 53.6 Å². The predicted molar refractivity (Wildman–Crippen MR) is 101 cm³/mol. The molecule has 0 saturated heterocycles. The molecule has 132 valence electrons. The molecule has 0 aliphatic heterocycles. The van der Waals surface area contributed by atoms with Crippen LogP contribution < -0.4 is 14.8 Å². The zero-order chi connectivity index (χ0) is 18.2. The van der Waals surface area contributed by atoms with Crippen LogP contribution in [0.15, 0.2) is 42.5 Å². The van der Waals surface area contributed by atoms with Gasteiger partial charge >= 0.3 is 7.80 Å². The van der Waals surface area contributed by atoms with Crippen molar-refractivity contribution < 1.29 is 18.8 Å². The zero-order valence-electron chi connectivity index (χ0n) is 15.0. The number of rotatable bonds is 9. The van der Waals surface area contributed by atoms with E-state index in [-0.39, 0.29) is 5.78 Å². The fraction of sp³-hybridized carbons (Fsp3) is 0.350. The van der Waals surface area contributed by atoms with Gasteiger partial charge in [-0.15, -0.1) is 0 Å². The van der Waals surface area contributed by atoms with Gasteiger partial charge in [-0.25, -0.2) is 0 Å². The van der Waals surface area contributed by atoms with E-state index in [2.05, 4.69) is 6.92 Å². The van der Waals surface area contributed by atoms with Crippen LogP contribution in [-0.4, -0.2) is 26.2 Å². The van der Waals surface area contributed by atoms with Crippen molar-refractivity contribution in [1.82, 2.24) is 0 Å². The highest BCUT2D eigenvalue weighted by molar-refractivity contribution is 7.53. The van der Waals surface area contributed by atoms with E-state index in [0.717, 1.165) is 19.3 Å². The fourth-order valence-electron chi connectivity index (χ4n) is 2.72. The van der Waals surface area contributed by atoms with E-state index in [1.165, 1.54) is 14.2 Å². The lowest BCUT2D eigenvalue weighted by molar-refractivity contribution is 0.103. The van der Waals surface area contributed by atoms with Crippen LogP contribution in [0.25, 0.3) is 0 Å². The minimum absolute atomic E-state index is 0.233. The number of carbonyl (C=O) groups excluding carboxylic acids is 1. The van der Waals surface area contributed by atoms with Gasteiger partial charge in [0, 0.05) is 0 Å². The smallest absolute Gasteiger partial charge is 0.377 e. The average Bonchev–Trinajstić information content (AvgIpc) is 2.66. The number of ketones is 1. The first-order chi connectivity index (χ1) is 12.1. The van der Waals surface area contributed by atoms with Gasteiger partial charge in [-0.1, -0.05) is 36.1 Å². The average molecular weight is 359 g/mol. The molecule has 25 heavy (non-hydrogen) atoms. The molecule has 0 heterocycles. The maximum Gasteiger partial charge on any atom is 0.377 e. The van der Waals surface area contributed by atoms with Crippen molar-refractivity contribution in [3.63, 3.8) is 0 Å². The number of benzene rings is 2. The SMILES string of the molecule is CCCCC[P+](=O)c1ccccc1C(=O)c1c(OC)cccc1OC. The molecule has 0 radical (unpaired) electrons. The summed E-state index contributed by atoms with van der Waals surface area (Å²) in [5.74, 6) is 0.657. The first-order valence-corrected chi connectivity index (χ1v) is 9.87. The van der Waals surface area contributed by atoms with E-state index in [0.29, 0.717) is 34.1 Å². The zero-order valence-corrected chi connectivity index (χ0v) is 15.8. The summed E-state index contributed by atoms with van der Waals surface area (Å²) in [6.45, 7) is 2.11. The maximum atomic E-state index is 13.2. The summed E-state index contributed by atoms with van der Waals surface area (Å²) in [6, 6.07) is 12.3. The lowest BCUT2D eigenvalue weighted by Crippen LogP contribution is -2.15. The second-order valence-corrected chi connectivity index (χ2v) is 7.38. The van der Waals surface area contributed by atoms with Crippen LogP contribution in [0, 0.1) is 0 Å². The summed E-state index contributed by atoms with van der Waals surface area (Å²) in [5.41, 5.74) is 0.805. The maximum absolute atomic E-state index is 13.2. The summed E-state index contributed by atoms with van der Waals surface area (Å²) in [7, 11) is 1.42. The van der Waals surface area contributed by atoms with Crippen LogP contribution in [0.4, 0.5) is 0 Å². The quantitative estimate of drug-likeness (QED) is 0.374. The summed E-state index contributed by atoms with van der Waals surface area (Å²) >= 11 is 0. The molecule has 0 bridgehead atoms. The Bertz CT molecular complexity index is 733. The molecule has 0 fully saturated rings. The van der Waals surface area contributed by atoms with Gasteiger partial charge in [-0.2, -0.15) is 0 Å². The first kappa shape index (κ1) is 19.1. The Labute approximate surface area is 150 Å². The van der Waals surface area contributed by atoms with Gasteiger partial charge in [0.15, 0.2) is 6.16 Å². The molecular weight excluding hydrogens is 335 g/mol. The van der Waals surface area contributed by atoms with Gasteiger partial charge < -0.3 is 9.47 Å². The lowest BCUT2D eigenvalue weighted by Gasteiger charge is -2.12. The van der Waals surface area contributed by atoms with E-state index in [9.17, 15) is 9.36 Å². The van der Waals surface area contributed by atoms with Crippen LogP contribution in [0.2, 0.25) is 0 Å². The summed E-state index contributed by atoms with van der Waals surface area (Å²) in [5, 5.41) is 0.603. The van der Waals surface area contributed by atoms with Gasteiger partial charge in [0.1, 0.15) is 17.1 Å². The van der Waals surface area contributed by atoms with E-state index < -0.39 is 7.80 Å². The van der Waals surface area contributed by atoms with Crippen molar-refractivity contribution >= 4 is 18.9 Å². The van der Waals surface area contributed by atoms with Crippen molar-refractivity contribution in [1.29, 1.82) is 0 Å². The van der Waals surface area contributed by atoms with E-state index in [4.69, 9.17) is 9.47 Å². The van der Waals surface area contributed by atoms with Crippen LogP contribution in [0.5, 0.6) is 11.5 Å². The number of carbonyl (C=O) groups is 1. The van der Waals surface area contributed by atoms with Crippen LogP contribution in [0.1, 0.15) is 42.1 Å². The highest BCUT2D eigenvalue weighted by Gasteiger charge is 2.29. The van der Waals surface area contributed by atoms with Crippen LogP contribution in [0.3, 0.4) is 0 Å². The Kier molecular flexibility index (Phi) is 7.15. The van der Waals surface area contributed by atoms with Gasteiger partial charge in [0.25, 0.3) is 0 Å². The third-order valence-electron chi connectivity index (χ3n) is 4.04. The van der Waals surface area contributed by atoms with E-state index in [1.807, 2.05) is 6.07 Å². The second kappa shape index (κ2) is 9.33. The molecule has 2 aromatic rings. The summed E-state index contributed by atoms with van der Waals surface area (Å²) in [6.07, 6.45) is 3.60. The molecule has 0 aliphatic carbocycles. The number of hydrogen-bond donors (Lipinski definition) is 0. The highest BCUT2D eigenvalue weighted by atomic mass is 31.1. The molecule has 1 atom stereocenters. The molecule has 0 spiro atoms. The van der Waals surface area contributed by atoms with Crippen LogP contribution in [-0.2, 0) is 4.57 Å². The first-order valence-electron chi connectivity index (χ1n) is 8.43. The number of unbranched alkanes of at least 4 members (excludes halogenated alkanes) is 2. The van der Waals surface area contributed by atoms with Gasteiger partial charge in [-0.05, 0) is 37.1 Å². The van der Waals surface area contributed by atoms with E-state index in [1.54, 1.807) is 36.4 Å². The van der Waals surface area contributed by atoms with Crippen LogP contribution >= 0.6 is 7.80 Å². The number of ether oxygens (including phenoxy) is 2. The van der Waals surface area contributed by atoms with Gasteiger partial charge in [-0.3, -0.25) is 4.79 Å². The third-order valence-corrected chi connectivity index (χ3v) is 5.69. The fourth-order valence-corrected chi connectivity index (χ4v) is 4.17. The largest absolute Gasteiger partial charge is 0.496 e. The topological polar surface area (TPSA) is 52.6 Å². The van der Waals surface area contributed by atoms with Crippen molar-refractivity contribution in [2.45, 2.75) is 26.2 Å². The minimum Gasteiger partial charge on any atom is -0.496 e. The van der Waals surface area contributed by atoms with Crippen molar-refractivity contribution in [3.8, 4) is 11.5 Å². The standard InChI is InChI=1S/C20H24O4P/c1-4-5-8-14-25(22)18-13-7-6-10-15(18)20(21)19-16(23-2)11-9-12-17(19)24-3/h6-7,9-13H,4-5,8,14H2,1-3H3/q+1. The third kappa shape index (κ3) is 4.46. The molecule has 2 aromatic carbocycles. The lowest BCUT2D eigenvalue weighted by atomic mass is 10.0. The second-order valence-electron chi connectivity index (χ2n) is 5.69. The Hall–Kier alpha value is -2.19. The van der Waals surface area contributed by atoms with Crippen molar-refractivity contribution in [2.75, 3.05) is 20.4 Å². The van der Waals surface area contributed by atoms with Gasteiger partial charge in [0.2, 0.25) is 11.1 Å². The summed E-state index contributed by atoms with van der Waals surface area (Å²) < 4.78 is 23.4. The molecule has 0 amide bonds. The molecule has 0 aromatic heterocycles. The monoisotopic (exact) mass is 359 g/mol. The molecule has 0 saturated carbocycles. The molecule has 4 nitrogen and oxygen atoms in total. The molecule has 5 heteroatoms. The molecule has 1 unspecified atom stereocenters. The minimum atomic E-state index is -1.61. The highest BCUT2D eigenvalue weighted by Crippen LogP contribution is 2.32. The number of hydrogen-bond acceptors (Lipinski definition) is 4. The van der Waals surface area contributed by atoms with Crippen molar-refractivity contribution in [2.24, 2.45) is 0 Å². The number of methoxy groups -OCH3 is 2. The molecule has 2 rings (SSSR count). The molecular formula is C20H24O4P+. The van der Waals surface area contributed by atoms with Gasteiger partial charge in [0.05, 0.1) is 19.8 Å². The Morgan fingerprint density at radius 2 is 1.60 bits per heavy atom. The predicted octanol–water partition coefficient (Wildman–Crippen LogP) is 4.58. The molecule has 0 aliphatic rings. The molecule has 0 N–H and O–H groups in total. The van der Waals surface area contributed by atoms with E-state index >= 15 is 0 Å².